The lowest BCUT2D eigenvalue weighted by atomic mass is 9.94. The molecule has 6 nitrogen and oxygen atoms in total. The molecular formula is C17H23NO5. The van der Waals surface area contributed by atoms with Crippen molar-refractivity contribution in [2.75, 3.05) is 33.5 Å². The molecule has 0 aliphatic carbocycles. The van der Waals surface area contributed by atoms with E-state index in [-0.39, 0.29) is 12.5 Å². The van der Waals surface area contributed by atoms with Gasteiger partial charge in [-0.1, -0.05) is 12.7 Å². The lowest BCUT2D eigenvalue weighted by Gasteiger charge is -2.32. The van der Waals surface area contributed by atoms with Crippen molar-refractivity contribution in [3.63, 3.8) is 0 Å². The first-order valence-electron chi connectivity index (χ1n) is 7.58. The summed E-state index contributed by atoms with van der Waals surface area (Å²) >= 11 is 0. The van der Waals surface area contributed by atoms with Crippen molar-refractivity contribution in [3.05, 3.63) is 36.4 Å². The van der Waals surface area contributed by atoms with Crippen LogP contribution in [0, 0.1) is 0 Å². The number of benzene rings is 1. The summed E-state index contributed by atoms with van der Waals surface area (Å²) in [6.07, 6.45) is 2.67. The molecule has 1 fully saturated rings. The van der Waals surface area contributed by atoms with Gasteiger partial charge in [0.25, 0.3) is 5.91 Å². The number of methoxy groups -OCH3 is 1. The molecule has 1 aliphatic rings. The minimum Gasteiger partial charge on any atom is -0.493 e. The molecule has 1 aliphatic heterocycles. The lowest BCUT2D eigenvalue weighted by Crippen LogP contribution is -2.46. The van der Waals surface area contributed by atoms with E-state index in [4.69, 9.17) is 14.2 Å². The van der Waals surface area contributed by atoms with E-state index in [1.165, 1.54) is 7.11 Å². The zero-order chi connectivity index (χ0) is 16.7. The highest BCUT2D eigenvalue weighted by molar-refractivity contribution is 5.94. The number of aliphatic hydroxyl groups is 1. The molecule has 1 heterocycles. The molecule has 126 valence electrons. The first-order valence-corrected chi connectivity index (χ1v) is 7.58. The Morgan fingerprint density at radius 1 is 1.43 bits per heavy atom. The molecule has 0 unspecified atom stereocenters. The van der Waals surface area contributed by atoms with Crippen molar-refractivity contribution in [2.45, 2.75) is 18.4 Å². The predicted molar refractivity (Wildman–Crippen MR) is 86.0 cm³/mol. The van der Waals surface area contributed by atoms with Crippen molar-refractivity contribution in [2.24, 2.45) is 0 Å². The van der Waals surface area contributed by atoms with Crippen LogP contribution in [0.4, 0.5) is 0 Å². The average molecular weight is 321 g/mol. The second-order valence-corrected chi connectivity index (χ2v) is 5.48. The Balaban J connectivity index is 1.99. The second kappa shape index (κ2) is 7.99. The van der Waals surface area contributed by atoms with Gasteiger partial charge in [-0.3, -0.25) is 4.79 Å². The van der Waals surface area contributed by atoms with Gasteiger partial charge >= 0.3 is 0 Å². The van der Waals surface area contributed by atoms with Crippen LogP contribution in [0.2, 0.25) is 0 Å². The van der Waals surface area contributed by atoms with E-state index >= 15 is 0 Å². The normalized spacial score (nSPS) is 16.4. The molecule has 1 aromatic carbocycles. The topological polar surface area (TPSA) is 77.0 Å². The van der Waals surface area contributed by atoms with Crippen LogP contribution in [0.5, 0.6) is 11.5 Å². The number of hydrogen-bond acceptors (Lipinski definition) is 5. The smallest absolute Gasteiger partial charge is 0.251 e. The molecule has 2 N–H and O–H groups in total. The van der Waals surface area contributed by atoms with Crippen molar-refractivity contribution in [1.82, 2.24) is 5.32 Å². The van der Waals surface area contributed by atoms with Gasteiger partial charge < -0.3 is 24.6 Å². The number of carbonyl (C=O) groups excluding carboxylic acids is 1. The number of hydrogen-bond donors (Lipinski definition) is 2. The molecular weight excluding hydrogens is 298 g/mol. The first kappa shape index (κ1) is 17.3. The van der Waals surface area contributed by atoms with Crippen molar-refractivity contribution < 1.29 is 24.1 Å². The van der Waals surface area contributed by atoms with Crippen LogP contribution in [-0.2, 0) is 4.74 Å². The minimum atomic E-state index is -0.898. The van der Waals surface area contributed by atoms with Crippen LogP contribution >= 0.6 is 0 Å². The number of rotatable bonds is 7. The summed E-state index contributed by atoms with van der Waals surface area (Å²) in [6.45, 7) is 5.17. The van der Waals surface area contributed by atoms with E-state index < -0.39 is 5.60 Å². The van der Waals surface area contributed by atoms with Gasteiger partial charge in [-0.05, 0) is 18.2 Å². The monoisotopic (exact) mass is 321 g/mol. The van der Waals surface area contributed by atoms with Crippen molar-refractivity contribution >= 4 is 5.91 Å². The third-order valence-corrected chi connectivity index (χ3v) is 3.78. The van der Waals surface area contributed by atoms with Gasteiger partial charge in [0.2, 0.25) is 0 Å². The van der Waals surface area contributed by atoms with Crippen LogP contribution in [0.1, 0.15) is 23.2 Å². The Morgan fingerprint density at radius 2 is 2.17 bits per heavy atom. The van der Waals surface area contributed by atoms with Gasteiger partial charge in [0.1, 0.15) is 6.61 Å². The Kier molecular flexibility index (Phi) is 6.01. The average Bonchev–Trinajstić information content (AvgIpc) is 2.58. The first-order chi connectivity index (χ1) is 11.1. The molecule has 0 aromatic heterocycles. The molecule has 2 rings (SSSR count). The Hall–Kier alpha value is -2.05. The number of ether oxygens (including phenoxy) is 3. The zero-order valence-corrected chi connectivity index (χ0v) is 13.3. The zero-order valence-electron chi connectivity index (χ0n) is 13.3. The van der Waals surface area contributed by atoms with E-state index in [1.54, 1.807) is 24.3 Å². The Morgan fingerprint density at radius 3 is 2.83 bits per heavy atom. The Bertz CT molecular complexity index is 552. The van der Waals surface area contributed by atoms with Crippen LogP contribution in [-0.4, -0.2) is 50.1 Å². The minimum absolute atomic E-state index is 0.201. The van der Waals surface area contributed by atoms with E-state index in [0.717, 1.165) is 0 Å². The highest BCUT2D eigenvalue weighted by atomic mass is 16.5. The fraction of sp³-hybridized carbons (Fsp3) is 0.471. The summed E-state index contributed by atoms with van der Waals surface area (Å²) in [5.74, 6) is 0.759. The van der Waals surface area contributed by atoms with Crippen molar-refractivity contribution in [1.29, 1.82) is 0 Å². The molecule has 1 aromatic rings. The van der Waals surface area contributed by atoms with Crippen LogP contribution < -0.4 is 14.8 Å². The molecule has 0 spiro atoms. The fourth-order valence-electron chi connectivity index (χ4n) is 2.35. The van der Waals surface area contributed by atoms with Gasteiger partial charge in [-0.2, -0.15) is 0 Å². The molecule has 0 atom stereocenters. The van der Waals surface area contributed by atoms with Gasteiger partial charge in [0, 0.05) is 38.2 Å². The molecule has 0 saturated carbocycles. The highest BCUT2D eigenvalue weighted by Gasteiger charge is 2.30. The maximum atomic E-state index is 12.3. The largest absolute Gasteiger partial charge is 0.493 e. The van der Waals surface area contributed by atoms with Gasteiger partial charge in [0.15, 0.2) is 11.5 Å². The van der Waals surface area contributed by atoms with Crippen molar-refractivity contribution in [3.8, 4) is 11.5 Å². The standard InChI is InChI=1S/C17H23NO5/c1-3-8-23-14-5-4-13(11-15(14)21-2)16(19)18-12-17(20)6-9-22-10-7-17/h3-5,11,20H,1,6-10,12H2,2H3,(H,18,19). The van der Waals surface area contributed by atoms with Gasteiger partial charge in [-0.15, -0.1) is 0 Å². The molecule has 1 amide bonds. The third kappa shape index (κ3) is 4.71. The van der Waals surface area contributed by atoms with Crippen LogP contribution in [0.3, 0.4) is 0 Å². The number of carbonyl (C=O) groups is 1. The molecule has 0 radical (unpaired) electrons. The van der Waals surface area contributed by atoms with Crippen LogP contribution in [0.15, 0.2) is 30.9 Å². The Labute approximate surface area is 136 Å². The maximum absolute atomic E-state index is 12.3. The predicted octanol–water partition coefficient (Wildman–Crippen LogP) is 1.53. The fourth-order valence-corrected chi connectivity index (χ4v) is 2.35. The maximum Gasteiger partial charge on any atom is 0.251 e. The van der Waals surface area contributed by atoms with Gasteiger partial charge in [-0.25, -0.2) is 0 Å². The summed E-state index contributed by atoms with van der Waals surface area (Å²) in [5, 5.41) is 13.1. The molecule has 1 saturated heterocycles. The van der Waals surface area contributed by atoms with E-state index in [0.29, 0.717) is 49.7 Å². The number of nitrogens with one attached hydrogen (secondary N) is 1. The van der Waals surface area contributed by atoms with E-state index in [2.05, 4.69) is 11.9 Å². The second-order valence-electron chi connectivity index (χ2n) is 5.48. The van der Waals surface area contributed by atoms with E-state index in [1.807, 2.05) is 0 Å². The number of amides is 1. The van der Waals surface area contributed by atoms with E-state index in [9.17, 15) is 9.90 Å². The lowest BCUT2D eigenvalue weighted by molar-refractivity contribution is -0.0605. The summed E-state index contributed by atoms with van der Waals surface area (Å²) in [6, 6.07) is 4.95. The quantitative estimate of drug-likeness (QED) is 0.745. The summed E-state index contributed by atoms with van der Waals surface area (Å²) < 4.78 is 15.9. The summed E-state index contributed by atoms with van der Waals surface area (Å²) in [5.41, 5.74) is -0.450. The summed E-state index contributed by atoms with van der Waals surface area (Å²) in [4.78, 5) is 12.3. The molecule has 6 heteroatoms. The third-order valence-electron chi connectivity index (χ3n) is 3.78. The molecule has 23 heavy (non-hydrogen) atoms. The van der Waals surface area contributed by atoms with Gasteiger partial charge in [0.05, 0.1) is 12.7 Å². The van der Waals surface area contributed by atoms with Crippen LogP contribution in [0.25, 0.3) is 0 Å². The highest BCUT2D eigenvalue weighted by Crippen LogP contribution is 2.28. The summed E-state index contributed by atoms with van der Waals surface area (Å²) in [7, 11) is 1.52. The SMILES string of the molecule is C=CCOc1ccc(C(=O)NCC2(O)CCOCC2)cc1OC. The molecule has 0 bridgehead atoms.